The molecule has 0 saturated heterocycles. The molecule has 0 fully saturated rings. The standard InChI is InChI=1S/C55H41BN2O2/c1-54(2,3)30-18-20-31(21-19-30)57-43-28-48-38(32-12-7-10-16-46(32)59-48)26-37(43)34-22-23-36-51-44(25-24-41-50(51)35-14-6-9-15-40(35)55(41,4)5)58-45-29-49-39(27-42(45)56-52(34)53(36)58)33-13-8-11-17-47(33)60-49/h6-29,56-57H,1-5H3. The maximum Gasteiger partial charge on any atom is 0.198 e. The van der Waals surface area contributed by atoms with Crippen molar-refractivity contribution < 1.29 is 8.83 Å². The molecule has 8 aromatic carbocycles. The smallest absolute Gasteiger partial charge is 0.198 e. The third-order valence-electron chi connectivity index (χ3n) is 13.8. The van der Waals surface area contributed by atoms with Crippen molar-refractivity contribution in [3.63, 3.8) is 0 Å². The molecule has 60 heavy (non-hydrogen) atoms. The van der Waals surface area contributed by atoms with Gasteiger partial charge in [-0.2, -0.15) is 0 Å². The van der Waals surface area contributed by atoms with E-state index in [2.05, 4.69) is 184 Å². The number of fused-ring (bicyclic) bond motifs is 15. The van der Waals surface area contributed by atoms with E-state index in [4.69, 9.17) is 8.83 Å². The minimum absolute atomic E-state index is 0.0654. The molecule has 11 aromatic rings. The maximum absolute atomic E-state index is 6.57. The molecule has 4 nitrogen and oxygen atoms in total. The van der Waals surface area contributed by atoms with E-state index in [1.165, 1.54) is 71.8 Å². The Morgan fingerprint density at radius 1 is 0.567 bits per heavy atom. The number of benzene rings is 8. The van der Waals surface area contributed by atoms with Gasteiger partial charge in [0.1, 0.15) is 22.3 Å². The van der Waals surface area contributed by atoms with Crippen molar-refractivity contribution in [1.82, 2.24) is 4.57 Å². The lowest BCUT2D eigenvalue weighted by Gasteiger charge is -2.24. The van der Waals surface area contributed by atoms with Crippen LogP contribution in [0.25, 0.3) is 93.6 Å². The molecule has 5 heteroatoms. The minimum atomic E-state index is -0.107. The van der Waals surface area contributed by atoms with Crippen LogP contribution in [-0.4, -0.2) is 11.8 Å². The molecule has 0 bridgehead atoms. The average Bonchev–Trinajstić information content (AvgIpc) is 3.97. The second kappa shape index (κ2) is 11.6. The molecule has 1 aliphatic heterocycles. The van der Waals surface area contributed by atoms with Gasteiger partial charge in [0.15, 0.2) is 7.28 Å². The molecular weight excluding hydrogens is 731 g/mol. The van der Waals surface area contributed by atoms with Crippen LogP contribution in [0.1, 0.15) is 51.3 Å². The highest BCUT2D eigenvalue weighted by atomic mass is 16.3. The Labute approximate surface area is 348 Å². The van der Waals surface area contributed by atoms with Gasteiger partial charge < -0.3 is 18.7 Å². The number of aromatic nitrogens is 1. The monoisotopic (exact) mass is 772 g/mol. The summed E-state index contributed by atoms with van der Waals surface area (Å²) in [5, 5.41) is 11.0. The van der Waals surface area contributed by atoms with Crippen LogP contribution in [0.3, 0.4) is 0 Å². The highest BCUT2D eigenvalue weighted by Gasteiger charge is 2.38. The molecule has 1 aliphatic carbocycles. The van der Waals surface area contributed by atoms with Gasteiger partial charge in [0.2, 0.25) is 0 Å². The summed E-state index contributed by atoms with van der Waals surface area (Å²) in [7, 11) is 0.780. The van der Waals surface area contributed by atoms with Gasteiger partial charge in [0, 0.05) is 72.3 Å². The van der Waals surface area contributed by atoms with Crippen molar-refractivity contribution in [2.45, 2.75) is 45.4 Å². The number of para-hydroxylation sites is 2. The molecule has 4 heterocycles. The van der Waals surface area contributed by atoms with Gasteiger partial charge in [0.25, 0.3) is 0 Å². The molecule has 13 rings (SSSR count). The van der Waals surface area contributed by atoms with Crippen molar-refractivity contribution in [2.24, 2.45) is 0 Å². The Bertz CT molecular complexity index is 3670. The number of hydrogen-bond acceptors (Lipinski definition) is 3. The number of rotatable bonds is 3. The Hall–Kier alpha value is -6.98. The van der Waals surface area contributed by atoms with Crippen LogP contribution in [-0.2, 0) is 10.8 Å². The van der Waals surface area contributed by atoms with Crippen LogP contribution < -0.4 is 16.2 Å². The van der Waals surface area contributed by atoms with Gasteiger partial charge in [0.05, 0.1) is 11.2 Å². The first-order valence-electron chi connectivity index (χ1n) is 21.1. The molecule has 0 amide bonds. The van der Waals surface area contributed by atoms with Crippen molar-refractivity contribution in [1.29, 1.82) is 0 Å². The van der Waals surface area contributed by atoms with E-state index in [0.29, 0.717) is 0 Å². The third kappa shape index (κ3) is 4.52. The lowest BCUT2D eigenvalue weighted by atomic mass is 9.59. The maximum atomic E-state index is 6.57. The fraction of sp³-hybridized carbons (Fsp3) is 0.127. The zero-order chi connectivity index (χ0) is 40.2. The minimum Gasteiger partial charge on any atom is -0.456 e. The number of anilines is 2. The Morgan fingerprint density at radius 2 is 1.25 bits per heavy atom. The summed E-state index contributed by atoms with van der Waals surface area (Å²) in [6.07, 6.45) is 0. The predicted molar refractivity (Wildman–Crippen MR) is 253 cm³/mol. The Kier molecular flexibility index (Phi) is 6.57. The molecule has 0 radical (unpaired) electrons. The van der Waals surface area contributed by atoms with E-state index in [1.807, 2.05) is 6.07 Å². The summed E-state index contributed by atoms with van der Waals surface area (Å²) in [6.45, 7) is 11.5. The van der Waals surface area contributed by atoms with E-state index in [9.17, 15) is 0 Å². The van der Waals surface area contributed by atoms with Gasteiger partial charge in [-0.05, 0) is 80.7 Å². The van der Waals surface area contributed by atoms with E-state index in [1.54, 1.807) is 0 Å². The number of nitrogens with zero attached hydrogens (tertiary/aromatic N) is 1. The first-order valence-corrected chi connectivity index (χ1v) is 21.1. The summed E-state index contributed by atoms with van der Waals surface area (Å²) in [5.41, 5.74) is 21.0. The molecular formula is C55H41BN2O2. The molecule has 0 atom stereocenters. The molecule has 0 spiro atoms. The first kappa shape index (κ1) is 33.9. The Balaban J connectivity index is 1.13. The number of nitrogens with one attached hydrogen (secondary N) is 1. The van der Waals surface area contributed by atoms with Crippen LogP contribution in [0.15, 0.2) is 154 Å². The predicted octanol–water partition coefficient (Wildman–Crippen LogP) is 13.3. The first-order chi connectivity index (χ1) is 29.1. The van der Waals surface area contributed by atoms with Gasteiger partial charge in [-0.25, -0.2) is 0 Å². The van der Waals surface area contributed by atoms with Crippen molar-refractivity contribution in [3.8, 4) is 27.9 Å². The van der Waals surface area contributed by atoms with Crippen LogP contribution in [0.4, 0.5) is 11.4 Å². The lowest BCUT2D eigenvalue weighted by molar-refractivity contribution is 0.590. The highest BCUT2D eigenvalue weighted by Crippen LogP contribution is 2.53. The summed E-state index contributed by atoms with van der Waals surface area (Å²) in [5.74, 6) is 0. The van der Waals surface area contributed by atoms with Crippen LogP contribution in [0, 0.1) is 0 Å². The summed E-state index contributed by atoms with van der Waals surface area (Å²) in [6, 6.07) is 53.5. The average molecular weight is 773 g/mol. The zero-order valence-electron chi connectivity index (χ0n) is 34.3. The van der Waals surface area contributed by atoms with E-state index < -0.39 is 0 Å². The largest absolute Gasteiger partial charge is 0.456 e. The second-order valence-corrected chi connectivity index (χ2v) is 18.6. The van der Waals surface area contributed by atoms with Crippen LogP contribution >= 0.6 is 0 Å². The normalized spacial score (nSPS) is 14.0. The molecule has 1 N–H and O–H groups in total. The molecule has 2 aliphatic rings. The van der Waals surface area contributed by atoms with E-state index in [-0.39, 0.29) is 10.8 Å². The topological polar surface area (TPSA) is 43.2 Å². The number of hydrogen-bond donors (Lipinski definition) is 1. The van der Waals surface area contributed by atoms with Gasteiger partial charge >= 0.3 is 0 Å². The van der Waals surface area contributed by atoms with Crippen LogP contribution in [0.5, 0.6) is 0 Å². The summed E-state index contributed by atoms with van der Waals surface area (Å²) in [4.78, 5) is 0. The fourth-order valence-electron chi connectivity index (χ4n) is 10.8. The lowest BCUT2D eigenvalue weighted by Crippen LogP contribution is -2.37. The van der Waals surface area contributed by atoms with Gasteiger partial charge in [-0.1, -0.05) is 137 Å². The fourth-order valence-corrected chi connectivity index (χ4v) is 10.8. The summed E-state index contributed by atoms with van der Waals surface area (Å²) >= 11 is 0. The molecule has 0 unspecified atom stereocenters. The molecule has 286 valence electrons. The van der Waals surface area contributed by atoms with Crippen molar-refractivity contribution in [2.75, 3.05) is 5.32 Å². The molecule has 3 aromatic heterocycles. The van der Waals surface area contributed by atoms with E-state index in [0.717, 1.165) is 68.1 Å². The quantitative estimate of drug-likeness (QED) is 0.182. The highest BCUT2D eigenvalue weighted by molar-refractivity contribution is 6.74. The van der Waals surface area contributed by atoms with E-state index >= 15 is 0 Å². The van der Waals surface area contributed by atoms with Crippen molar-refractivity contribution in [3.05, 3.63) is 162 Å². The number of furan rings is 2. The second-order valence-electron chi connectivity index (χ2n) is 18.6. The SMILES string of the molecule is CC(C)(C)c1ccc(Nc2cc3oc4ccccc4c3cc2-c2ccc3c4c5c(ccc4n4c3c2Bc2cc3c(cc2-4)oc2ccccc23)C(C)(C)c2ccccc2-5)cc1. The van der Waals surface area contributed by atoms with Crippen molar-refractivity contribution >= 4 is 95.3 Å². The zero-order valence-corrected chi connectivity index (χ0v) is 34.3. The molecule has 0 saturated carbocycles. The van der Waals surface area contributed by atoms with Crippen LogP contribution in [0.2, 0.25) is 0 Å². The third-order valence-corrected chi connectivity index (χ3v) is 13.8. The Morgan fingerprint density at radius 3 is 2.00 bits per heavy atom. The van der Waals surface area contributed by atoms with Gasteiger partial charge in [-0.3, -0.25) is 0 Å². The van der Waals surface area contributed by atoms with Gasteiger partial charge in [-0.15, -0.1) is 0 Å². The summed E-state index contributed by atoms with van der Waals surface area (Å²) < 4.78 is 15.6.